The van der Waals surface area contributed by atoms with Crippen LogP contribution in [0.15, 0.2) is 41.3 Å². The molecule has 0 fully saturated rings. The number of amides is 1. The smallest absolute Gasteiger partial charge is 0.272 e. The maximum atomic E-state index is 12.0. The molecule has 0 aliphatic heterocycles. The molecule has 4 N–H and O–H groups in total. The zero-order valence-corrected chi connectivity index (χ0v) is 11.1. The molecule has 1 amide bonds. The van der Waals surface area contributed by atoms with Gasteiger partial charge in [0.2, 0.25) is 5.43 Å². The average molecular weight is 304 g/mol. The number of nitrogens with one attached hydrogen (secondary N) is 1. The highest BCUT2D eigenvalue weighted by atomic mass is 16.5. The van der Waals surface area contributed by atoms with Crippen molar-refractivity contribution in [3.8, 4) is 11.5 Å². The third-order valence-electron chi connectivity index (χ3n) is 2.92. The molecular formula is C14H12N2O6. The standard InChI is InChI=1S/C14H12N2O6/c17-7-10(8-1-3-9(18)4-2-8)15-14(21)11-5-12(19)13(20)6-16(11)22/h1-7,10,18,20,22H,(H,15,21). The minimum atomic E-state index is -1.03. The topological polar surface area (TPSA) is 129 Å². The first-order valence-electron chi connectivity index (χ1n) is 6.12. The highest BCUT2D eigenvalue weighted by Crippen LogP contribution is 2.16. The third-order valence-corrected chi connectivity index (χ3v) is 2.92. The Hall–Kier alpha value is -3.29. The molecule has 1 atom stereocenters. The molecule has 0 saturated heterocycles. The monoisotopic (exact) mass is 304 g/mol. The first kappa shape index (κ1) is 15.1. The minimum Gasteiger partial charge on any atom is -0.508 e. The van der Waals surface area contributed by atoms with Gasteiger partial charge in [-0.1, -0.05) is 12.1 Å². The Labute approximate surface area is 123 Å². The number of carbonyl (C=O) groups is 2. The number of rotatable bonds is 4. The number of aromatic nitrogens is 1. The summed E-state index contributed by atoms with van der Waals surface area (Å²) in [5.41, 5.74) is -0.872. The molecule has 1 heterocycles. The van der Waals surface area contributed by atoms with E-state index in [-0.39, 0.29) is 10.5 Å². The molecule has 8 nitrogen and oxygen atoms in total. The maximum Gasteiger partial charge on any atom is 0.272 e. The van der Waals surface area contributed by atoms with Crippen molar-refractivity contribution in [2.24, 2.45) is 0 Å². The van der Waals surface area contributed by atoms with Crippen molar-refractivity contribution in [2.45, 2.75) is 6.04 Å². The molecule has 2 aromatic rings. The zero-order chi connectivity index (χ0) is 16.3. The second-order valence-electron chi connectivity index (χ2n) is 4.43. The second kappa shape index (κ2) is 6.00. The van der Waals surface area contributed by atoms with E-state index >= 15 is 0 Å². The molecule has 114 valence electrons. The van der Waals surface area contributed by atoms with E-state index < -0.39 is 28.8 Å². The largest absolute Gasteiger partial charge is 0.508 e. The van der Waals surface area contributed by atoms with E-state index in [1.54, 1.807) is 0 Å². The summed E-state index contributed by atoms with van der Waals surface area (Å²) in [5, 5.41) is 30.2. The zero-order valence-electron chi connectivity index (χ0n) is 11.1. The molecule has 2 rings (SSSR count). The van der Waals surface area contributed by atoms with Gasteiger partial charge >= 0.3 is 0 Å². The third kappa shape index (κ3) is 3.06. The lowest BCUT2D eigenvalue weighted by Gasteiger charge is -2.14. The Kier molecular flexibility index (Phi) is 4.12. The molecule has 1 unspecified atom stereocenters. The van der Waals surface area contributed by atoms with E-state index in [4.69, 9.17) is 5.11 Å². The quantitative estimate of drug-likeness (QED) is 0.470. The summed E-state index contributed by atoms with van der Waals surface area (Å²) >= 11 is 0. The van der Waals surface area contributed by atoms with Crippen LogP contribution in [0.25, 0.3) is 0 Å². The van der Waals surface area contributed by atoms with Crippen LogP contribution in [0.1, 0.15) is 22.1 Å². The summed E-state index contributed by atoms with van der Waals surface area (Å²) in [6, 6.07) is 5.29. The van der Waals surface area contributed by atoms with Gasteiger partial charge in [0, 0.05) is 6.07 Å². The van der Waals surface area contributed by atoms with Crippen LogP contribution in [0.5, 0.6) is 11.5 Å². The number of benzene rings is 1. The lowest BCUT2D eigenvalue weighted by atomic mass is 10.1. The van der Waals surface area contributed by atoms with Gasteiger partial charge in [-0.25, -0.2) is 0 Å². The van der Waals surface area contributed by atoms with Gasteiger partial charge in [-0.15, -0.1) is 0 Å². The Morgan fingerprint density at radius 1 is 1.23 bits per heavy atom. The maximum absolute atomic E-state index is 12.0. The number of hydrogen-bond donors (Lipinski definition) is 4. The van der Waals surface area contributed by atoms with Crippen LogP contribution in [0.3, 0.4) is 0 Å². The number of aromatic hydroxyl groups is 2. The van der Waals surface area contributed by atoms with Gasteiger partial charge in [0.25, 0.3) is 5.91 Å². The molecule has 1 aromatic carbocycles. The number of aldehydes is 1. The summed E-state index contributed by atoms with van der Waals surface area (Å²) in [6.45, 7) is 0. The summed E-state index contributed by atoms with van der Waals surface area (Å²) in [5.74, 6) is -1.60. The molecule has 0 bridgehead atoms. The van der Waals surface area contributed by atoms with Crippen molar-refractivity contribution in [1.29, 1.82) is 0 Å². The molecule has 0 aliphatic rings. The Morgan fingerprint density at radius 2 is 1.86 bits per heavy atom. The second-order valence-corrected chi connectivity index (χ2v) is 4.43. The molecular weight excluding hydrogens is 292 g/mol. The van der Waals surface area contributed by atoms with E-state index in [9.17, 15) is 24.7 Å². The van der Waals surface area contributed by atoms with Gasteiger partial charge in [-0.2, -0.15) is 4.73 Å². The van der Waals surface area contributed by atoms with E-state index in [0.717, 1.165) is 6.07 Å². The SMILES string of the molecule is O=CC(NC(=O)c1cc(=O)c(O)cn1O)c1ccc(O)cc1. The highest BCUT2D eigenvalue weighted by Gasteiger charge is 2.18. The number of pyridine rings is 1. The lowest BCUT2D eigenvalue weighted by Crippen LogP contribution is -2.32. The van der Waals surface area contributed by atoms with Gasteiger partial charge in [-0.3, -0.25) is 9.59 Å². The van der Waals surface area contributed by atoms with Crippen LogP contribution in [0, 0.1) is 0 Å². The van der Waals surface area contributed by atoms with E-state index in [0.29, 0.717) is 18.0 Å². The van der Waals surface area contributed by atoms with Crippen LogP contribution in [0.4, 0.5) is 0 Å². The number of nitrogens with zero attached hydrogens (tertiary/aromatic N) is 1. The van der Waals surface area contributed by atoms with E-state index in [2.05, 4.69) is 5.32 Å². The lowest BCUT2D eigenvalue weighted by molar-refractivity contribution is -0.109. The van der Waals surface area contributed by atoms with Gasteiger partial charge in [0.1, 0.15) is 23.8 Å². The fourth-order valence-electron chi connectivity index (χ4n) is 1.78. The normalized spacial score (nSPS) is 11.6. The number of carbonyl (C=O) groups excluding carboxylic acids is 2. The fraction of sp³-hybridized carbons (Fsp3) is 0.0714. The van der Waals surface area contributed by atoms with Crippen LogP contribution in [0.2, 0.25) is 0 Å². The number of phenolic OH excluding ortho intramolecular Hbond substituents is 1. The van der Waals surface area contributed by atoms with Gasteiger partial charge < -0.3 is 25.5 Å². The summed E-state index contributed by atoms with van der Waals surface area (Å²) in [7, 11) is 0. The average Bonchev–Trinajstić information content (AvgIpc) is 2.49. The molecule has 0 spiro atoms. The first-order valence-corrected chi connectivity index (χ1v) is 6.12. The molecule has 0 aliphatic carbocycles. The highest BCUT2D eigenvalue weighted by molar-refractivity contribution is 5.94. The van der Waals surface area contributed by atoms with Crippen molar-refractivity contribution in [3.63, 3.8) is 0 Å². The van der Waals surface area contributed by atoms with E-state index in [1.165, 1.54) is 24.3 Å². The van der Waals surface area contributed by atoms with Crippen LogP contribution < -0.4 is 10.7 Å². The number of phenols is 1. The number of hydrogen-bond acceptors (Lipinski definition) is 6. The van der Waals surface area contributed by atoms with E-state index in [1.807, 2.05) is 0 Å². The molecule has 0 radical (unpaired) electrons. The van der Waals surface area contributed by atoms with Crippen LogP contribution >= 0.6 is 0 Å². The molecule has 0 saturated carbocycles. The Bertz CT molecular complexity index is 766. The van der Waals surface area contributed by atoms with Crippen molar-refractivity contribution in [1.82, 2.24) is 10.0 Å². The first-order chi connectivity index (χ1) is 10.4. The van der Waals surface area contributed by atoms with Gasteiger partial charge in [0.05, 0.1) is 6.20 Å². The predicted molar refractivity (Wildman–Crippen MR) is 73.9 cm³/mol. The Morgan fingerprint density at radius 3 is 2.45 bits per heavy atom. The molecule has 1 aromatic heterocycles. The Balaban J connectivity index is 2.26. The van der Waals surface area contributed by atoms with Crippen molar-refractivity contribution >= 4 is 12.2 Å². The van der Waals surface area contributed by atoms with Gasteiger partial charge in [-0.05, 0) is 17.7 Å². The molecule has 22 heavy (non-hydrogen) atoms. The van der Waals surface area contributed by atoms with Crippen molar-refractivity contribution < 1.29 is 25.0 Å². The van der Waals surface area contributed by atoms with Gasteiger partial charge in [0.15, 0.2) is 5.75 Å². The fourth-order valence-corrected chi connectivity index (χ4v) is 1.78. The van der Waals surface area contributed by atoms with Crippen LogP contribution in [-0.4, -0.2) is 32.3 Å². The summed E-state index contributed by atoms with van der Waals surface area (Å²) < 4.78 is 0.282. The van der Waals surface area contributed by atoms with Crippen LogP contribution in [-0.2, 0) is 4.79 Å². The predicted octanol–water partition coefficient (Wildman–Crippen LogP) is 0.167. The summed E-state index contributed by atoms with van der Waals surface area (Å²) in [6.07, 6.45) is 1.14. The van der Waals surface area contributed by atoms with Crippen molar-refractivity contribution in [3.05, 3.63) is 58.0 Å². The molecule has 8 heteroatoms. The summed E-state index contributed by atoms with van der Waals surface area (Å²) in [4.78, 5) is 34.4. The van der Waals surface area contributed by atoms with Crippen molar-refractivity contribution in [2.75, 3.05) is 0 Å². The minimum absolute atomic E-state index is 0.00227.